The molecule has 2 rings (SSSR count). The van der Waals surface area contributed by atoms with E-state index in [1.807, 2.05) is 24.3 Å². The Labute approximate surface area is 126 Å². The Kier molecular flexibility index (Phi) is 4.63. The lowest BCUT2D eigenvalue weighted by atomic mass is 10.1. The minimum atomic E-state index is -1.61. The topological polar surface area (TPSA) is 99.6 Å². The number of carboxylic acids is 1. The molecule has 0 unspecified atom stereocenters. The predicted octanol–water partition coefficient (Wildman–Crippen LogP) is 2.17. The number of carbonyl (C=O) groups excluding carboxylic acids is 1. The molecular weight excluding hydrogens is 286 g/mol. The number of hydrogen-bond donors (Lipinski definition) is 3. The van der Waals surface area contributed by atoms with Gasteiger partial charge in [-0.25, -0.2) is 4.79 Å². The lowest BCUT2D eigenvalue weighted by Gasteiger charge is -2.02. The van der Waals surface area contributed by atoms with Crippen LogP contribution in [-0.4, -0.2) is 34.1 Å². The first-order valence-electron chi connectivity index (χ1n) is 6.48. The Bertz CT molecular complexity index is 712. The maximum absolute atomic E-state index is 11.0. The number of benzene rings is 1. The monoisotopic (exact) mass is 301 g/mol. The van der Waals surface area contributed by atoms with Gasteiger partial charge in [0.2, 0.25) is 0 Å². The predicted molar refractivity (Wildman–Crippen MR) is 79.8 cm³/mol. The molecule has 22 heavy (non-hydrogen) atoms. The second-order valence-corrected chi connectivity index (χ2v) is 4.62. The van der Waals surface area contributed by atoms with Crippen molar-refractivity contribution in [2.24, 2.45) is 0 Å². The lowest BCUT2D eigenvalue weighted by Crippen LogP contribution is -2.09. The van der Waals surface area contributed by atoms with Gasteiger partial charge in [0.05, 0.1) is 12.8 Å². The molecule has 3 N–H and O–H groups in total. The molecular formula is C16H15NO5. The minimum absolute atomic E-state index is 0.290. The van der Waals surface area contributed by atoms with Gasteiger partial charge in [0.15, 0.2) is 0 Å². The number of hydrogen-bond acceptors (Lipinski definition) is 4. The van der Waals surface area contributed by atoms with Crippen LogP contribution in [0.3, 0.4) is 0 Å². The van der Waals surface area contributed by atoms with Crippen molar-refractivity contribution in [1.29, 1.82) is 0 Å². The summed E-state index contributed by atoms with van der Waals surface area (Å²) in [6.45, 7) is 0. The third-order valence-corrected chi connectivity index (χ3v) is 3.05. The largest absolute Gasteiger partial charge is 0.506 e. The third kappa shape index (κ3) is 3.76. The molecule has 0 aliphatic rings. The van der Waals surface area contributed by atoms with E-state index < -0.39 is 17.5 Å². The molecule has 0 bridgehead atoms. The highest BCUT2D eigenvalue weighted by molar-refractivity contribution is 6.38. The second kappa shape index (κ2) is 6.62. The van der Waals surface area contributed by atoms with E-state index >= 15 is 0 Å². The van der Waals surface area contributed by atoms with E-state index in [-0.39, 0.29) is 5.69 Å². The summed E-state index contributed by atoms with van der Waals surface area (Å²) in [7, 11) is 1.60. The minimum Gasteiger partial charge on any atom is -0.506 e. The number of ketones is 1. The Balaban J connectivity index is 2.10. The van der Waals surface area contributed by atoms with Gasteiger partial charge in [-0.05, 0) is 29.8 Å². The van der Waals surface area contributed by atoms with Crippen LogP contribution < -0.4 is 4.74 Å². The molecule has 0 fully saturated rings. The summed E-state index contributed by atoms with van der Waals surface area (Å²) >= 11 is 0. The molecule has 0 aliphatic heterocycles. The fourth-order valence-corrected chi connectivity index (χ4v) is 1.92. The molecule has 0 spiro atoms. The summed E-state index contributed by atoms with van der Waals surface area (Å²) in [6.07, 6.45) is 1.27. The van der Waals surface area contributed by atoms with E-state index in [1.165, 1.54) is 0 Å². The Morgan fingerprint density at radius 2 is 1.82 bits per heavy atom. The summed E-state index contributed by atoms with van der Waals surface area (Å²) < 4.78 is 5.08. The molecule has 6 nitrogen and oxygen atoms in total. The molecule has 0 saturated carbocycles. The molecule has 1 aromatic heterocycles. The van der Waals surface area contributed by atoms with E-state index in [2.05, 4.69) is 4.98 Å². The lowest BCUT2D eigenvalue weighted by molar-refractivity contribution is -0.146. The fourth-order valence-electron chi connectivity index (χ4n) is 1.92. The van der Waals surface area contributed by atoms with Crippen LogP contribution >= 0.6 is 0 Å². The molecule has 0 atom stereocenters. The van der Waals surface area contributed by atoms with Gasteiger partial charge in [-0.3, -0.25) is 4.79 Å². The molecule has 0 saturated heterocycles. The number of aromatic nitrogens is 1. The zero-order chi connectivity index (χ0) is 16.1. The van der Waals surface area contributed by atoms with Crippen LogP contribution in [0.25, 0.3) is 5.76 Å². The van der Waals surface area contributed by atoms with Crippen molar-refractivity contribution in [2.75, 3.05) is 7.11 Å². The molecule has 0 amide bonds. The van der Waals surface area contributed by atoms with Gasteiger partial charge in [-0.2, -0.15) is 0 Å². The number of H-pyrrole nitrogens is 1. The smallest absolute Gasteiger partial charge is 0.376 e. The van der Waals surface area contributed by atoms with Crippen LogP contribution in [0.15, 0.2) is 42.5 Å². The first-order valence-corrected chi connectivity index (χ1v) is 6.48. The van der Waals surface area contributed by atoms with Gasteiger partial charge < -0.3 is 19.9 Å². The zero-order valence-corrected chi connectivity index (χ0v) is 11.9. The summed E-state index contributed by atoms with van der Waals surface area (Å²) in [5.41, 5.74) is 2.15. The van der Waals surface area contributed by atoms with Gasteiger partial charge in [0.1, 0.15) is 11.5 Å². The average Bonchev–Trinajstić information content (AvgIpc) is 2.96. The second-order valence-electron chi connectivity index (χ2n) is 4.62. The van der Waals surface area contributed by atoms with Crippen molar-refractivity contribution in [3.63, 3.8) is 0 Å². The van der Waals surface area contributed by atoms with Gasteiger partial charge in [-0.15, -0.1) is 0 Å². The van der Waals surface area contributed by atoms with Crippen molar-refractivity contribution in [2.45, 2.75) is 6.42 Å². The van der Waals surface area contributed by atoms with E-state index in [0.29, 0.717) is 12.5 Å². The highest BCUT2D eigenvalue weighted by Crippen LogP contribution is 2.16. The molecule has 6 heteroatoms. The molecule has 2 aromatic rings. The highest BCUT2D eigenvalue weighted by Gasteiger charge is 2.11. The number of methoxy groups -OCH3 is 1. The van der Waals surface area contributed by atoms with E-state index in [9.17, 15) is 14.7 Å². The quantitative estimate of drug-likeness (QED) is 0.431. The zero-order valence-electron chi connectivity index (χ0n) is 11.9. The van der Waals surface area contributed by atoms with Gasteiger partial charge >= 0.3 is 5.97 Å². The standard InChI is InChI=1S/C16H15NO5/c1-22-12-5-2-10(3-6-12)8-11-4-7-13(17-11)14(18)9-15(19)16(20)21/h2-7,9,17-18H,8H2,1H3,(H,20,21). The molecule has 1 aromatic carbocycles. The van der Waals surface area contributed by atoms with E-state index in [1.54, 1.807) is 19.2 Å². The van der Waals surface area contributed by atoms with Crippen LogP contribution in [0.4, 0.5) is 0 Å². The Hall–Kier alpha value is -3.02. The molecule has 114 valence electrons. The van der Waals surface area contributed by atoms with Crippen molar-refractivity contribution >= 4 is 17.5 Å². The number of rotatable bonds is 6. The average molecular weight is 301 g/mol. The number of aliphatic carboxylic acids is 1. The first kappa shape index (κ1) is 15.4. The van der Waals surface area contributed by atoms with Gasteiger partial charge in [0.25, 0.3) is 5.78 Å². The van der Waals surface area contributed by atoms with Crippen molar-refractivity contribution in [3.8, 4) is 5.75 Å². The normalized spacial score (nSPS) is 11.2. The maximum atomic E-state index is 11.0. The van der Waals surface area contributed by atoms with E-state index in [4.69, 9.17) is 9.84 Å². The summed E-state index contributed by atoms with van der Waals surface area (Å²) in [4.78, 5) is 24.4. The summed E-state index contributed by atoms with van der Waals surface area (Å²) in [6, 6.07) is 10.9. The van der Waals surface area contributed by atoms with Crippen LogP contribution in [0.2, 0.25) is 0 Å². The Morgan fingerprint density at radius 1 is 1.14 bits per heavy atom. The summed E-state index contributed by atoms with van der Waals surface area (Å²) in [5.74, 6) is -2.43. The molecule has 0 radical (unpaired) electrons. The number of aliphatic hydroxyl groups is 1. The number of carbonyl (C=O) groups is 2. The maximum Gasteiger partial charge on any atom is 0.376 e. The fraction of sp³-hybridized carbons (Fsp3) is 0.125. The van der Waals surface area contributed by atoms with Gasteiger partial charge in [0, 0.05) is 18.2 Å². The number of ether oxygens (including phenoxy) is 1. The van der Waals surface area contributed by atoms with Crippen molar-refractivity contribution in [3.05, 3.63) is 59.4 Å². The first-order chi connectivity index (χ1) is 10.5. The van der Waals surface area contributed by atoms with E-state index in [0.717, 1.165) is 17.0 Å². The van der Waals surface area contributed by atoms with Crippen LogP contribution in [0.5, 0.6) is 5.75 Å². The highest BCUT2D eigenvalue weighted by atomic mass is 16.5. The van der Waals surface area contributed by atoms with Crippen LogP contribution in [0, 0.1) is 0 Å². The van der Waals surface area contributed by atoms with Crippen LogP contribution in [0.1, 0.15) is 17.0 Å². The Morgan fingerprint density at radius 3 is 2.41 bits per heavy atom. The number of carboxylic acid groups (broad SMARTS) is 1. The molecule has 0 aliphatic carbocycles. The van der Waals surface area contributed by atoms with Crippen LogP contribution in [-0.2, 0) is 16.0 Å². The number of aliphatic hydroxyl groups excluding tert-OH is 1. The SMILES string of the molecule is COc1ccc(Cc2ccc(C(O)=CC(=O)C(=O)O)[nH]2)cc1. The summed E-state index contributed by atoms with van der Waals surface area (Å²) in [5, 5.41) is 18.2. The van der Waals surface area contributed by atoms with Gasteiger partial charge in [-0.1, -0.05) is 12.1 Å². The van der Waals surface area contributed by atoms with Crippen molar-refractivity contribution in [1.82, 2.24) is 4.98 Å². The third-order valence-electron chi connectivity index (χ3n) is 3.05. The number of nitrogens with one attached hydrogen (secondary N) is 1. The number of aromatic amines is 1. The van der Waals surface area contributed by atoms with Crippen molar-refractivity contribution < 1.29 is 24.5 Å². The molecule has 1 heterocycles.